The van der Waals surface area contributed by atoms with Crippen LogP contribution in [0.3, 0.4) is 0 Å². The van der Waals surface area contributed by atoms with Gasteiger partial charge in [0.15, 0.2) is 0 Å². The molecule has 5 heteroatoms. The Morgan fingerprint density at radius 1 is 1.65 bits per heavy atom. The van der Waals surface area contributed by atoms with Gasteiger partial charge in [0.2, 0.25) is 0 Å². The van der Waals surface area contributed by atoms with Gasteiger partial charge in [-0.15, -0.1) is 0 Å². The maximum Gasteiger partial charge on any atom is 0.354 e. The average Bonchev–Trinajstić information content (AvgIpc) is 2.77. The normalized spacial score (nSPS) is 12.4. The number of H-pyrrole nitrogens is 1. The zero-order chi connectivity index (χ0) is 12.7. The third-order valence-electron chi connectivity index (χ3n) is 2.59. The molecule has 0 aliphatic heterocycles. The summed E-state index contributed by atoms with van der Waals surface area (Å²) in [6.45, 7) is 3.85. The van der Waals surface area contributed by atoms with Crippen molar-refractivity contribution in [3.63, 3.8) is 0 Å². The van der Waals surface area contributed by atoms with Crippen LogP contribution in [0.2, 0.25) is 0 Å². The lowest BCUT2D eigenvalue weighted by molar-refractivity contribution is 0.0595. The Morgan fingerprint density at radius 2 is 2.41 bits per heavy atom. The van der Waals surface area contributed by atoms with E-state index >= 15 is 0 Å². The quantitative estimate of drug-likeness (QED) is 0.619. The van der Waals surface area contributed by atoms with Gasteiger partial charge in [-0.1, -0.05) is 6.92 Å². The largest absolute Gasteiger partial charge is 0.464 e. The van der Waals surface area contributed by atoms with Crippen molar-refractivity contribution in [2.75, 3.05) is 20.3 Å². The van der Waals surface area contributed by atoms with Gasteiger partial charge in [0, 0.05) is 19.3 Å². The van der Waals surface area contributed by atoms with Gasteiger partial charge in [-0.3, -0.25) is 0 Å². The second-order valence-corrected chi connectivity index (χ2v) is 4.16. The van der Waals surface area contributed by atoms with Crippen LogP contribution in [0.25, 0.3) is 0 Å². The molecule has 3 N–H and O–H groups in total. The fourth-order valence-corrected chi connectivity index (χ4v) is 1.55. The minimum Gasteiger partial charge on any atom is -0.464 e. The predicted octanol–water partition coefficient (Wildman–Crippen LogP) is 0.909. The molecule has 0 aliphatic carbocycles. The summed E-state index contributed by atoms with van der Waals surface area (Å²) in [6.07, 6.45) is 2.59. The van der Waals surface area contributed by atoms with Crippen molar-refractivity contribution in [2.24, 2.45) is 5.92 Å². The lowest BCUT2D eigenvalue weighted by Crippen LogP contribution is -2.21. The molecule has 0 saturated carbocycles. The predicted molar refractivity (Wildman–Crippen MR) is 64.7 cm³/mol. The number of hydrogen-bond donors (Lipinski definition) is 3. The first-order chi connectivity index (χ1) is 8.17. The molecule has 1 aromatic heterocycles. The standard InChI is InChI=1S/C12H20N2O3/c1-9(3-4-15)6-13-7-10-5-11(14-8-10)12(16)17-2/h5,8-9,13-15H,3-4,6-7H2,1-2H3. The molecule has 0 spiro atoms. The molecule has 1 atom stereocenters. The molecule has 17 heavy (non-hydrogen) atoms. The fraction of sp³-hybridized carbons (Fsp3) is 0.583. The van der Waals surface area contributed by atoms with E-state index in [0.29, 0.717) is 18.2 Å². The SMILES string of the molecule is COC(=O)c1cc(CNCC(C)CCO)c[nH]1. The molecule has 1 aromatic rings. The third-order valence-corrected chi connectivity index (χ3v) is 2.59. The lowest BCUT2D eigenvalue weighted by atomic mass is 10.1. The van der Waals surface area contributed by atoms with E-state index in [1.807, 2.05) is 0 Å². The van der Waals surface area contributed by atoms with E-state index in [9.17, 15) is 4.79 Å². The highest BCUT2D eigenvalue weighted by molar-refractivity contribution is 5.87. The second-order valence-electron chi connectivity index (χ2n) is 4.16. The Bertz CT molecular complexity index is 349. The van der Waals surface area contributed by atoms with Crippen LogP contribution in [-0.2, 0) is 11.3 Å². The average molecular weight is 240 g/mol. The van der Waals surface area contributed by atoms with Crippen LogP contribution >= 0.6 is 0 Å². The Balaban J connectivity index is 2.32. The molecule has 0 fully saturated rings. The monoisotopic (exact) mass is 240 g/mol. The summed E-state index contributed by atoms with van der Waals surface area (Å²) in [4.78, 5) is 14.1. The zero-order valence-corrected chi connectivity index (χ0v) is 10.3. The maximum atomic E-state index is 11.2. The smallest absolute Gasteiger partial charge is 0.354 e. The number of aromatic nitrogens is 1. The number of rotatable bonds is 7. The number of methoxy groups -OCH3 is 1. The summed E-state index contributed by atoms with van der Waals surface area (Å²) in [5, 5.41) is 12.0. The van der Waals surface area contributed by atoms with Crippen molar-refractivity contribution in [3.05, 3.63) is 23.5 Å². The number of aromatic amines is 1. The van der Waals surface area contributed by atoms with Gasteiger partial charge in [0.05, 0.1) is 7.11 Å². The summed E-state index contributed by atoms with van der Waals surface area (Å²) in [5.74, 6) is 0.0870. The van der Waals surface area contributed by atoms with Crippen molar-refractivity contribution in [1.82, 2.24) is 10.3 Å². The van der Waals surface area contributed by atoms with Crippen molar-refractivity contribution in [2.45, 2.75) is 19.9 Å². The number of carbonyl (C=O) groups excluding carboxylic acids is 1. The topological polar surface area (TPSA) is 74.3 Å². The zero-order valence-electron chi connectivity index (χ0n) is 10.3. The molecule has 0 radical (unpaired) electrons. The van der Waals surface area contributed by atoms with Crippen LogP contribution in [0, 0.1) is 5.92 Å². The van der Waals surface area contributed by atoms with Crippen LogP contribution in [-0.4, -0.2) is 36.3 Å². The van der Waals surface area contributed by atoms with Gasteiger partial charge in [0.1, 0.15) is 5.69 Å². The van der Waals surface area contributed by atoms with Crippen LogP contribution in [0.5, 0.6) is 0 Å². The van der Waals surface area contributed by atoms with Gasteiger partial charge in [-0.05, 0) is 30.5 Å². The lowest BCUT2D eigenvalue weighted by Gasteiger charge is -2.09. The van der Waals surface area contributed by atoms with E-state index in [2.05, 4.69) is 22.0 Å². The van der Waals surface area contributed by atoms with Crippen molar-refractivity contribution in [1.29, 1.82) is 0 Å². The molecule has 0 aromatic carbocycles. The number of hydrogen-bond acceptors (Lipinski definition) is 4. The number of esters is 1. The van der Waals surface area contributed by atoms with Gasteiger partial charge in [-0.2, -0.15) is 0 Å². The highest BCUT2D eigenvalue weighted by atomic mass is 16.5. The summed E-state index contributed by atoms with van der Waals surface area (Å²) >= 11 is 0. The van der Waals surface area contributed by atoms with Crippen LogP contribution < -0.4 is 5.32 Å². The summed E-state index contributed by atoms with van der Waals surface area (Å²) in [6, 6.07) is 1.77. The van der Waals surface area contributed by atoms with Crippen molar-refractivity contribution >= 4 is 5.97 Å². The highest BCUT2D eigenvalue weighted by Crippen LogP contribution is 2.05. The molecule has 0 aliphatic rings. The van der Waals surface area contributed by atoms with Crippen LogP contribution in [0.1, 0.15) is 29.4 Å². The molecular weight excluding hydrogens is 220 g/mol. The first-order valence-corrected chi connectivity index (χ1v) is 5.74. The maximum absolute atomic E-state index is 11.2. The first-order valence-electron chi connectivity index (χ1n) is 5.74. The molecule has 1 heterocycles. The molecule has 1 rings (SSSR count). The fourth-order valence-electron chi connectivity index (χ4n) is 1.55. The van der Waals surface area contributed by atoms with E-state index < -0.39 is 0 Å². The summed E-state index contributed by atoms with van der Waals surface area (Å²) in [5.41, 5.74) is 1.48. The van der Waals surface area contributed by atoms with E-state index in [1.165, 1.54) is 7.11 Å². The van der Waals surface area contributed by atoms with Crippen molar-refractivity contribution in [3.8, 4) is 0 Å². The van der Waals surface area contributed by atoms with E-state index in [0.717, 1.165) is 18.5 Å². The molecule has 0 bridgehead atoms. The van der Waals surface area contributed by atoms with E-state index in [4.69, 9.17) is 5.11 Å². The van der Waals surface area contributed by atoms with Crippen molar-refractivity contribution < 1.29 is 14.6 Å². The molecule has 5 nitrogen and oxygen atoms in total. The number of aliphatic hydroxyl groups is 1. The van der Waals surface area contributed by atoms with Gasteiger partial charge in [0.25, 0.3) is 0 Å². The second kappa shape index (κ2) is 7.09. The van der Waals surface area contributed by atoms with Crippen LogP contribution in [0.15, 0.2) is 12.3 Å². The molecule has 0 saturated heterocycles. The number of nitrogens with one attached hydrogen (secondary N) is 2. The Morgan fingerprint density at radius 3 is 3.06 bits per heavy atom. The molecule has 1 unspecified atom stereocenters. The minimum absolute atomic E-state index is 0.222. The number of aliphatic hydroxyl groups excluding tert-OH is 1. The first kappa shape index (κ1) is 13.7. The summed E-state index contributed by atoms with van der Waals surface area (Å²) in [7, 11) is 1.36. The summed E-state index contributed by atoms with van der Waals surface area (Å²) < 4.78 is 4.61. The molecule has 96 valence electrons. The van der Waals surface area contributed by atoms with E-state index in [1.54, 1.807) is 12.3 Å². The minimum atomic E-state index is -0.357. The highest BCUT2D eigenvalue weighted by Gasteiger charge is 2.08. The molecule has 0 amide bonds. The number of ether oxygens (including phenoxy) is 1. The van der Waals surface area contributed by atoms with Gasteiger partial charge >= 0.3 is 5.97 Å². The van der Waals surface area contributed by atoms with Gasteiger partial charge < -0.3 is 20.1 Å². The van der Waals surface area contributed by atoms with Crippen LogP contribution in [0.4, 0.5) is 0 Å². The van der Waals surface area contributed by atoms with Gasteiger partial charge in [-0.25, -0.2) is 4.79 Å². The van der Waals surface area contributed by atoms with E-state index in [-0.39, 0.29) is 12.6 Å². The Labute approximate surface area is 101 Å². The molecular formula is C12H20N2O3. The Kier molecular flexibility index (Phi) is 5.72. The Hall–Kier alpha value is -1.33. The number of carbonyl (C=O) groups is 1. The third kappa shape index (κ3) is 4.58.